The Kier molecular flexibility index (Phi) is 3.65. The Morgan fingerprint density at radius 3 is 2.70 bits per heavy atom. The molecule has 0 saturated carbocycles. The largest absolute Gasteiger partial charge is 0.305 e. The van der Waals surface area contributed by atoms with Crippen molar-refractivity contribution >= 4 is 38.2 Å². The second kappa shape index (κ2) is 6.30. The van der Waals surface area contributed by atoms with E-state index in [1.54, 1.807) is 42.2 Å². The van der Waals surface area contributed by atoms with Crippen LogP contribution in [0.25, 0.3) is 26.3 Å². The number of amides is 1. The van der Waals surface area contributed by atoms with Gasteiger partial charge in [0.25, 0.3) is 5.91 Å². The first kappa shape index (κ1) is 15.7. The molecule has 1 N–H and O–H groups in total. The van der Waals surface area contributed by atoms with Gasteiger partial charge in [0.1, 0.15) is 11.5 Å². The lowest BCUT2D eigenvalue weighted by atomic mass is 10.1. The van der Waals surface area contributed by atoms with Gasteiger partial charge in [-0.1, -0.05) is 29.5 Å². The number of carbonyl (C=O) groups excluding carboxylic acids is 1. The van der Waals surface area contributed by atoms with Crippen LogP contribution in [0.3, 0.4) is 0 Å². The molecule has 1 aromatic carbocycles. The number of nitrogens with one attached hydrogen (secondary N) is 1. The van der Waals surface area contributed by atoms with Crippen molar-refractivity contribution in [1.29, 1.82) is 0 Å². The molecule has 5 aromatic rings. The van der Waals surface area contributed by atoms with Gasteiger partial charge in [-0.25, -0.2) is 9.97 Å². The van der Waals surface area contributed by atoms with Crippen LogP contribution >= 0.6 is 11.3 Å². The normalized spacial score (nSPS) is 11.1. The van der Waals surface area contributed by atoms with E-state index in [0.717, 1.165) is 26.3 Å². The maximum Gasteiger partial charge on any atom is 0.277 e. The van der Waals surface area contributed by atoms with Gasteiger partial charge >= 0.3 is 0 Å². The van der Waals surface area contributed by atoms with Gasteiger partial charge in [-0.05, 0) is 30.3 Å². The molecule has 7 heteroatoms. The summed E-state index contributed by atoms with van der Waals surface area (Å²) in [5.74, 6) is 0.200. The molecule has 0 bridgehead atoms. The second-order valence-corrected chi connectivity index (χ2v) is 6.99. The fourth-order valence-corrected chi connectivity index (χ4v) is 3.92. The van der Waals surface area contributed by atoms with Crippen LogP contribution in [-0.4, -0.2) is 25.3 Å². The van der Waals surface area contributed by atoms with Crippen LogP contribution in [0.5, 0.6) is 0 Å². The predicted octanol–water partition coefficient (Wildman–Crippen LogP) is 4.26. The van der Waals surface area contributed by atoms with E-state index in [-0.39, 0.29) is 5.91 Å². The number of thiazole rings is 1. The van der Waals surface area contributed by atoms with E-state index >= 15 is 0 Å². The van der Waals surface area contributed by atoms with Gasteiger partial charge in [0, 0.05) is 35.9 Å². The lowest BCUT2D eigenvalue weighted by Crippen LogP contribution is -2.13. The van der Waals surface area contributed by atoms with Crippen LogP contribution in [0.1, 0.15) is 10.5 Å². The van der Waals surface area contributed by atoms with Crippen LogP contribution in [0.15, 0.2) is 73.3 Å². The summed E-state index contributed by atoms with van der Waals surface area (Å²) < 4.78 is 3.08. The van der Waals surface area contributed by atoms with Gasteiger partial charge in [0.2, 0.25) is 0 Å². The number of rotatable bonds is 3. The molecule has 0 fully saturated rings. The highest BCUT2D eigenvalue weighted by Gasteiger charge is 2.14. The highest BCUT2D eigenvalue weighted by molar-refractivity contribution is 7.23. The fourth-order valence-electron chi connectivity index (χ4n) is 2.91. The Balaban J connectivity index is 1.39. The van der Waals surface area contributed by atoms with Gasteiger partial charge in [-0.3, -0.25) is 14.2 Å². The highest BCUT2D eigenvalue weighted by atomic mass is 32.1. The van der Waals surface area contributed by atoms with Crippen LogP contribution < -0.4 is 5.32 Å². The number of aromatic nitrogens is 4. The molecule has 0 unspecified atom stereocenters. The molecule has 4 heterocycles. The monoisotopic (exact) mass is 371 g/mol. The third kappa shape index (κ3) is 2.84. The van der Waals surface area contributed by atoms with Crippen LogP contribution in [0, 0.1) is 0 Å². The standard InChI is InChI=1S/C20H13N5OS/c26-19(15-12-25-16-5-1-2-6-17(16)27-20(25)23-15)24-18-8-7-14(11-22-18)13-4-3-9-21-10-13/h1-12H,(H,22,24,26). The molecule has 0 saturated heterocycles. The molecule has 0 radical (unpaired) electrons. The summed E-state index contributed by atoms with van der Waals surface area (Å²) in [6, 6.07) is 15.5. The summed E-state index contributed by atoms with van der Waals surface area (Å²) in [4.78, 5) is 26.2. The summed E-state index contributed by atoms with van der Waals surface area (Å²) in [7, 11) is 0. The minimum Gasteiger partial charge on any atom is -0.305 e. The second-order valence-electron chi connectivity index (χ2n) is 5.98. The molecular formula is C20H13N5OS. The fraction of sp³-hybridized carbons (Fsp3) is 0. The SMILES string of the molecule is O=C(Nc1ccc(-c2cccnc2)cn1)c1cn2c(n1)sc1ccccc12. The zero-order valence-electron chi connectivity index (χ0n) is 14.0. The zero-order chi connectivity index (χ0) is 18.2. The molecule has 6 nitrogen and oxygen atoms in total. The lowest BCUT2D eigenvalue weighted by Gasteiger charge is -2.04. The van der Waals surface area contributed by atoms with Crippen molar-refractivity contribution in [1.82, 2.24) is 19.4 Å². The molecule has 0 aliphatic carbocycles. The van der Waals surface area contributed by atoms with Crippen molar-refractivity contribution in [3.63, 3.8) is 0 Å². The topological polar surface area (TPSA) is 72.2 Å². The molecule has 1 amide bonds. The number of benzene rings is 1. The van der Waals surface area contributed by atoms with E-state index in [1.807, 2.05) is 46.9 Å². The Bertz CT molecular complexity index is 1260. The summed E-state index contributed by atoms with van der Waals surface area (Å²) in [5.41, 5.74) is 3.33. The van der Waals surface area contributed by atoms with E-state index in [9.17, 15) is 4.79 Å². The van der Waals surface area contributed by atoms with E-state index in [1.165, 1.54) is 0 Å². The molecule has 0 aliphatic rings. The van der Waals surface area contributed by atoms with E-state index in [4.69, 9.17) is 0 Å². The van der Waals surface area contributed by atoms with Crippen LogP contribution in [0.2, 0.25) is 0 Å². The maximum absolute atomic E-state index is 12.5. The van der Waals surface area contributed by atoms with Gasteiger partial charge < -0.3 is 5.32 Å². The summed E-state index contributed by atoms with van der Waals surface area (Å²) in [6.07, 6.45) is 6.97. The molecule has 4 aromatic heterocycles. The van der Waals surface area contributed by atoms with Gasteiger partial charge in [-0.15, -0.1) is 0 Å². The third-order valence-corrected chi connectivity index (χ3v) is 5.27. The summed E-state index contributed by atoms with van der Waals surface area (Å²) in [6.45, 7) is 0. The van der Waals surface area contributed by atoms with Crippen LogP contribution in [-0.2, 0) is 0 Å². The molecule has 27 heavy (non-hydrogen) atoms. The number of hydrogen-bond acceptors (Lipinski definition) is 5. The average molecular weight is 371 g/mol. The number of imidazole rings is 1. The van der Waals surface area contributed by atoms with Crippen molar-refractivity contribution in [3.05, 3.63) is 79.0 Å². The first-order valence-electron chi connectivity index (χ1n) is 8.32. The first-order valence-corrected chi connectivity index (χ1v) is 9.14. The van der Waals surface area contributed by atoms with E-state index in [0.29, 0.717) is 11.5 Å². The third-order valence-electron chi connectivity index (χ3n) is 4.23. The summed E-state index contributed by atoms with van der Waals surface area (Å²) >= 11 is 1.56. The zero-order valence-corrected chi connectivity index (χ0v) is 14.9. The van der Waals surface area contributed by atoms with Crippen molar-refractivity contribution in [2.45, 2.75) is 0 Å². The lowest BCUT2D eigenvalue weighted by molar-refractivity contribution is 0.102. The minimum absolute atomic E-state index is 0.281. The quantitative estimate of drug-likeness (QED) is 0.514. The Morgan fingerprint density at radius 2 is 1.89 bits per heavy atom. The summed E-state index contributed by atoms with van der Waals surface area (Å²) in [5, 5.41) is 2.80. The number of nitrogens with zero attached hydrogens (tertiary/aromatic N) is 4. The van der Waals surface area contributed by atoms with Gasteiger partial charge in [0.05, 0.1) is 10.2 Å². The maximum atomic E-state index is 12.5. The van der Waals surface area contributed by atoms with Crippen LogP contribution in [0.4, 0.5) is 5.82 Å². The molecule has 5 rings (SSSR count). The number of para-hydroxylation sites is 1. The first-order chi connectivity index (χ1) is 13.3. The van der Waals surface area contributed by atoms with E-state index in [2.05, 4.69) is 20.3 Å². The van der Waals surface area contributed by atoms with Crippen molar-refractivity contribution in [2.75, 3.05) is 5.32 Å². The Labute approximate surface area is 158 Å². The minimum atomic E-state index is -0.281. The van der Waals surface area contributed by atoms with Crippen molar-refractivity contribution in [3.8, 4) is 11.1 Å². The van der Waals surface area contributed by atoms with Gasteiger partial charge in [0.15, 0.2) is 4.96 Å². The van der Waals surface area contributed by atoms with Gasteiger partial charge in [-0.2, -0.15) is 0 Å². The number of pyridine rings is 2. The smallest absolute Gasteiger partial charge is 0.277 e. The average Bonchev–Trinajstić information content (AvgIpc) is 3.27. The molecule has 0 aliphatic heterocycles. The highest BCUT2D eigenvalue weighted by Crippen LogP contribution is 2.26. The number of carbonyl (C=O) groups is 1. The van der Waals surface area contributed by atoms with E-state index < -0.39 is 0 Å². The van der Waals surface area contributed by atoms with Crippen molar-refractivity contribution < 1.29 is 4.79 Å². The van der Waals surface area contributed by atoms with Crippen molar-refractivity contribution in [2.24, 2.45) is 0 Å². The predicted molar refractivity (Wildman–Crippen MR) is 106 cm³/mol. The molecule has 0 spiro atoms. The number of hydrogen-bond donors (Lipinski definition) is 1. The molecule has 130 valence electrons. The number of anilines is 1. The number of fused-ring (bicyclic) bond motifs is 3. The molecular weight excluding hydrogens is 358 g/mol. The Hall–Kier alpha value is -3.58. The molecule has 0 atom stereocenters. The Morgan fingerprint density at radius 1 is 1.00 bits per heavy atom.